The molecule has 0 bridgehead atoms. The molecule has 0 radical (unpaired) electrons. The Bertz CT molecular complexity index is 751. The summed E-state index contributed by atoms with van der Waals surface area (Å²) in [6.07, 6.45) is 1.31. The molecule has 0 saturated carbocycles. The molecule has 0 aromatic heterocycles. The van der Waals surface area contributed by atoms with Gasteiger partial charge in [-0.25, -0.2) is 0 Å². The van der Waals surface area contributed by atoms with Gasteiger partial charge in [0.05, 0.1) is 17.8 Å². The third-order valence-corrected chi connectivity index (χ3v) is 4.69. The highest BCUT2D eigenvalue weighted by Gasteiger charge is 2.21. The van der Waals surface area contributed by atoms with Crippen molar-refractivity contribution >= 4 is 5.91 Å². The van der Waals surface area contributed by atoms with Crippen molar-refractivity contribution < 1.29 is 14.6 Å². The Morgan fingerprint density at radius 3 is 2.37 bits per heavy atom. The number of hydrogen-bond donors (Lipinski definition) is 3. The van der Waals surface area contributed by atoms with Crippen molar-refractivity contribution in [3.8, 4) is 5.75 Å². The molecule has 0 heterocycles. The number of para-hydroxylation sites is 1. The normalized spacial score (nSPS) is 14.8. The van der Waals surface area contributed by atoms with E-state index in [-0.39, 0.29) is 18.6 Å². The molecule has 1 unspecified atom stereocenters. The predicted molar refractivity (Wildman–Crippen MR) is 106 cm³/mol. The minimum Gasteiger partial charge on any atom is -0.490 e. The van der Waals surface area contributed by atoms with Crippen LogP contribution in [0.2, 0.25) is 0 Å². The molecule has 2 aromatic carbocycles. The quantitative estimate of drug-likeness (QED) is 0.669. The van der Waals surface area contributed by atoms with Crippen LogP contribution < -0.4 is 15.4 Å². The van der Waals surface area contributed by atoms with E-state index in [1.54, 1.807) is 18.2 Å². The zero-order chi connectivity index (χ0) is 19.2. The highest BCUT2D eigenvalue weighted by Crippen LogP contribution is 2.21. The Morgan fingerprint density at radius 1 is 1.07 bits per heavy atom. The average molecular weight is 368 g/mol. The standard InChI is InChI=1S/C22H28N2O3/c1-15(2)27-21-10-6-5-9-20(21)22(26)24-14-19(25)13-23-18-11-16-7-3-4-8-17(16)12-18/h3-10,15,18-19,23,25H,11-14H2,1-2H3,(H,24,26). The molecule has 1 aliphatic carbocycles. The summed E-state index contributed by atoms with van der Waals surface area (Å²) in [7, 11) is 0. The number of carbonyl (C=O) groups excluding carboxylic acids is 1. The van der Waals surface area contributed by atoms with Gasteiger partial charge in [0.15, 0.2) is 0 Å². The monoisotopic (exact) mass is 368 g/mol. The van der Waals surface area contributed by atoms with Crippen molar-refractivity contribution in [2.75, 3.05) is 13.1 Å². The Labute approximate surface area is 160 Å². The summed E-state index contributed by atoms with van der Waals surface area (Å²) < 4.78 is 5.68. The first-order valence-corrected chi connectivity index (χ1v) is 9.55. The lowest BCUT2D eigenvalue weighted by Gasteiger charge is -2.18. The maximum absolute atomic E-state index is 12.4. The van der Waals surface area contributed by atoms with Crippen molar-refractivity contribution in [1.29, 1.82) is 0 Å². The van der Waals surface area contributed by atoms with E-state index in [1.165, 1.54) is 11.1 Å². The van der Waals surface area contributed by atoms with Crippen LogP contribution in [0.1, 0.15) is 35.3 Å². The molecule has 1 amide bonds. The summed E-state index contributed by atoms with van der Waals surface area (Å²) in [4.78, 5) is 12.4. The van der Waals surface area contributed by atoms with Crippen molar-refractivity contribution in [2.45, 2.75) is 44.9 Å². The third kappa shape index (κ3) is 5.31. The predicted octanol–water partition coefficient (Wildman–Crippen LogP) is 2.32. The fourth-order valence-corrected chi connectivity index (χ4v) is 3.39. The summed E-state index contributed by atoms with van der Waals surface area (Å²) in [6.45, 7) is 4.49. The molecule has 0 aliphatic heterocycles. The Hall–Kier alpha value is -2.37. The van der Waals surface area contributed by atoms with Gasteiger partial charge < -0.3 is 20.5 Å². The van der Waals surface area contributed by atoms with Crippen LogP contribution in [0.15, 0.2) is 48.5 Å². The summed E-state index contributed by atoms with van der Waals surface area (Å²) in [5, 5.41) is 16.4. The zero-order valence-electron chi connectivity index (χ0n) is 15.9. The van der Waals surface area contributed by atoms with Crippen LogP contribution in [0.4, 0.5) is 0 Å². The van der Waals surface area contributed by atoms with Crippen molar-refractivity contribution in [2.24, 2.45) is 0 Å². The van der Waals surface area contributed by atoms with Crippen molar-refractivity contribution in [3.63, 3.8) is 0 Å². The first kappa shape index (κ1) is 19.4. The van der Waals surface area contributed by atoms with Gasteiger partial charge in [-0.15, -0.1) is 0 Å². The smallest absolute Gasteiger partial charge is 0.255 e. The molecule has 1 atom stereocenters. The van der Waals surface area contributed by atoms with Crippen LogP contribution in [0.5, 0.6) is 5.75 Å². The van der Waals surface area contributed by atoms with Gasteiger partial charge >= 0.3 is 0 Å². The SMILES string of the molecule is CC(C)Oc1ccccc1C(=O)NCC(O)CNC1Cc2ccccc2C1. The van der Waals surface area contributed by atoms with E-state index in [9.17, 15) is 9.90 Å². The number of benzene rings is 2. The van der Waals surface area contributed by atoms with E-state index in [2.05, 4.69) is 34.9 Å². The van der Waals surface area contributed by atoms with Gasteiger partial charge in [0.25, 0.3) is 5.91 Å². The molecule has 5 nitrogen and oxygen atoms in total. The number of amides is 1. The molecule has 3 N–H and O–H groups in total. The summed E-state index contributed by atoms with van der Waals surface area (Å²) >= 11 is 0. The van der Waals surface area contributed by atoms with Crippen molar-refractivity contribution in [3.05, 3.63) is 65.2 Å². The Kier molecular flexibility index (Phi) is 6.48. The molecule has 3 rings (SSSR count). The lowest BCUT2D eigenvalue weighted by molar-refractivity contribution is 0.0908. The van der Waals surface area contributed by atoms with E-state index < -0.39 is 6.10 Å². The average Bonchev–Trinajstić information content (AvgIpc) is 3.07. The zero-order valence-corrected chi connectivity index (χ0v) is 15.9. The first-order chi connectivity index (χ1) is 13.0. The van der Waals surface area contributed by atoms with Gasteiger partial charge in [0.2, 0.25) is 0 Å². The van der Waals surface area contributed by atoms with Crippen LogP contribution >= 0.6 is 0 Å². The number of nitrogens with one attached hydrogen (secondary N) is 2. The maximum Gasteiger partial charge on any atom is 0.255 e. The third-order valence-electron chi connectivity index (χ3n) is 4.69. The fourth-order valence-electron chi connectivity index (χ4n) is 3.39. The van der Waals surface area contributed by atoms with Crippen LogP contribution in [-0.4, -0.2) is 42.4 Å². The fraction of sp³-hybridized carbons (Fsp3) is 0.409. The number of carbonyl (C=O) groups is 1. The highest BCUT2D eigenvalue weighted by atomic mass is 16.5. The number of rotatable bonds is 8. The molecule has 0 spiro atoms. The molecule has 0 saturated heterocycles. The van der Waals surface area contributed by atoms with E-state index in [0.717, 1.165) is 12.8 Å². The number of ether oxygens (including phenoxy) is 1. The Morgan fingerprint density at radius 2 is 1.70 bits per heavy atom. The minimum absolute atomic E-state index is 0.00993. The molecule has 27 heavy (non-hydrogen) atoms. The van der Waals surface area contributed by atoms with Gasteiger partial charge in [0.1, 0.15) is 5.75 Å². The maximum atomic E-state index is 12.4. The van der Waals surface area contributed by atoms with Gasteiger partial charge in [-0.2, -0.15) is 0 Å². The second-order valence-electron chi connectivity index (χ2n) is 7.31. The van der Waals surface area contributed by atoms with Gasteiger partial charge in [0, 0.05) is 19.1 Å². The highest BCUT2D eigenvalue weighted by molar-refractivity contribution is 5.96. The number of aliphatic hydroxyl groups is 1. The minimum atomic E-state index is -0.643. The molecular formula is C22H28N2O3. The second kappa shape index (κ2) is 9.02. The number of hydrogen-bond acceptors (Lipinski definition) is 4. The van der Waals surface area contributed by atoms with Gasteiger partial charge in [-0.05, 0) is 49.9 Å². The molecule has 5 heteroatoms. The molecule has 2 aromatic rings. The van der Waals surface area contributed by atoms with Gasteiger partial charge in [-0.3, -0.25) is 4.79 Å². The van der Waals surface area contributed by atoms with E-state index in [4.69, 9.17) is 4.74 Å². The molecule has 1 aliphatic rings. The summed E-state index contributed by atoms with van der Waals surface area (Å²) in [6, 6.07) is 15.9. The molecular weight excluding hydrogens is 340 g/mol. The van der Waals surface area contributed by atoms with Crippen molar-refractivity contribution in [1.82, 2.24) is 10.6 Å². The first-order valence-electron chi connectivity index (χ1n) is 9.55. The summed E-state index contributed by atoms with van der Waals surface area (Å²) in [5.74, 6) is 0.319. The van der Waals surface area contributed by atoms with Crippen LogP contribution in [0.25, 0.3) is 0 Å². The molecule has 0 fully saturated rings. The lowest BCUT2D eigenvalue weighted by Crippen LogP contribution is -2.41. The molecule has 144 valence electrons. The van der Waals surface area contributed by atoms with E-state index in [1.807, 2.05) is 19.9 Å². The second-order valence-corrected chi connectivity index (χ2v) is 7.31. The van der Waals surface area contributed by atoms with E-state index >= 15 is 0 Å². The topological polar surface area (TPSA) is 70.6 Å². The Balaban J connectivity index is 1.44. The van der Waals surface area contributed by atoms with E-state index in [0.29, 0.717) is 23.9 Å². The number of fused-ring (bicyclic) bond motifs is 1. The van der Waals surface area contributed by atoms with Crippen LogP contribution in [0.3, 0.4) is 0 Å². The lowest BCUT2D eigenvalue weighted by atomic mass is 10.1. The largest absolute Gasteiger partial charge is 0.490 e. The number of aliphatic hydroxyl groups excluding tert-OH is 1. The van der Waals surface area contributed by atoms with Crippen LogP contribution in [-0.2, 0) is 12.8 Å². The van der Waals surface area contributed by atoms with Crippen LogP contribution in [0, 0.1) is 0 Å². The van der Waals surface area contributed by atoms with Gasteiger partial charge in [-0.1, -0.05) is 36.4 Å². The summed E-state index contributed by atoms with van der Waals surface area (Å²) in [5.41, 5.74) is 3.23.